The molecule has 3 aromatic carbocycles. The molecule has 1 aliphatic carbocycles. The van der Waals surface area contributed by atoms with Gasteiger partial charge in [0.2, 0.25) is 11.4 Å². The van der Waals surface area contributed by atoms with Crippen molar-refractivity contribution in [1.29, 1.82) is 0 Å². The van der Waals surface area contributed by atoms with E-state index >= 15 is 0 Å². The predicted octanol–water partition coefficient (Wildman–Crippen LogP) is 8.10. The maximum absolute atomic E-state index is 11.2. The van der Waals surface area contributed by atoms with E-state index in [0.717, 1.165) is 13.4 Å². The molecule has 1 aliphatic rings. The molecule has 3 aromatic rings. The summed E-state index contributed by atoms with van der Waals surface area (Å²) in [5, 5.41) is -1.01. The second kappa shape index (κ2) is 17.8. The van der Waals surface area contributed by atoms with Crippen LogP contribution in [0, 0.1) is 13.1 Å². The van der Waals surface area contributed by atoms with Crippen molar-refractivity contribution in [2.45, 2.75) is 0 Å². The Morgan fingerprint density at radius 1 is 0.558 bits per heavy atom. The van der Waals surface area contributed by atoms with Crippen LogP contribution in [0.2, 0.25) is 0 Å². The average molecular weight is 1040 g/mol. The van der Waals surface area contributed by atoms with E-state index in [4.69, 9.17) is 80.5 Å². The zero-order valence-electron chi connectivity index (χ0n) is 20.7. The number of rotatable bonds is 3. The SMILES string of the molecule is Brc1ccc([NH+](c2ccc(Br)cc2)c2ccc(Br)cc2)cc1.[C-]#[N+]C1=C([N+]#[C-])C(=O)C(Cl)=C(Cl)C1=O.[Cl-].[Cl][Sb]([Cl])([Cl])([Cl])[Cl]. The molecule has 4 rings (SSSR count). The molecule has 0 amide bonds. The number of nitrogens with zero attached hydrogens (tertiary/aromatic N) is 2. The number of benzene rings is 3. The van der Waals surface area contributed by atoms with Gasteiger partial charge in [0.1, 0.15) is 17.1 Å². The van der Waals surface area contributed by atoms with Gasteiger partial charge in [0.25, 0.3) is 0 Å². The fourth-order valence-corrected chi connectivity index (χ4v) is 4.32. The zero-order chi connectivity index (χ0) is 31.9. The van der Waals surface area contributed by atoms with E-state index in [9.17, 15) is 9.59 Å². The van der Waals surface area contributed by atoms with Gasteiger partial charge in [0.15, 0.2) is 11.6 Å². The molecule has 0 aromatic heterocycles. The summed E-state index contributed by atoms with van der Waals surface area (Å²) in [4.78, 5) is 29.3. The van der Waals surface area contributed by atoms with Gasteiger partial charge in [0, 0.05) is 49.8 Å². The number of carbonyl (C=O) groups is 2. The van der Waals surface area contributed by atoms with Gasteiger partial charge in [-0.05, 0) is 36.4 Å². The molecule has 5 nitrogen and oxygen atoms in total. The van der Waals surface area contributed by atoms with Crippen molar-refractivity contribution in [3.05, 3.63) is 131 Å². The van der Waals surface area contributed by atoms with Crippen LogP contribution in [0.4, 0.5) is 17.1 Å². The fourth-order valence-electron chi connectivity index (χ4n) is 3.18. The molecular weight excluding hydrogens is 1030 g/mol. The Balaban J connectivity index is 0.000000379. The molecule has 0 fully saturated rings. The van der Waals surface area contributed by atoms with Crippen LogP contribution in [0.3, 0.4) is 0 Å². The van der Waals surface area contributed by atoms with Gasteiger partial charge in [-0.2, -0.15) is 0 Å². The number of carbonyl (C=O) groups excluding carboxylic acids is 2. The molecule has 0 spiro atoms. The van der Waals surface area contributed by atoms with Crippen LogP contribution in [0.15, 0.2) is 108 Å². The molecule has 0 radical (unpaired) electrons. The third-order valence-corrected chi connectivity index (χ3v) is 7.27. The van der Waals surface area contributed by atoms with E-state index in [2.05, 4.69) is 130 Å². The summed E-state index contributed by atoms with van der Waals surface area (Å²) in [5.41, 5.74) is 2.47. The number of quaternary nitrogens is 1. The number of allylic oxidation sites excluding steroid dienone is 2. The Labute approximate surface area is 308 Å². The Morgan fingerprint density at radius 3 is 0.953 bits per heavy atom. The maximum atomic E-state index is 11.2. The minimum absolute atomic E-state index is 0. The molecule has 0 saturated carbocycles. The first-order chi connectivity index (χ1) is 19.4. The molecule has 0 aliphatic heterocycles. The molecule has 0 saturated heterocycles. The van der Waals surface area contributed by atoms with E-state index in [1.807, 2.05) is 0 Å². The number of Topliss-reactive ketones (excluding diaryl/α,β-unsaturated/α-hetero) is 2. The van der Waals surface area contributed by atoms with Crippen molar-refractivity contribution in [3.8, 4) is 0 Å². The number of halogens is 11. The van der Waals surface area contributed by atoms with Crippen LogP contribution in [-0.4, -0.2) is 23.3 Å². The first-order valence-electron chi connectivity index (χ1n) is 10.8. The Bertz CT molecular complexity index is 1480. The van der Waals surface area contributed by atoms with Gasteiger partial charge in [-0.15, -0.1) is 0 Å². The molecule has 17 heteroatoms. The van der Waals surface area contributed by atoms with Crippen LogP contribution >= 0.6 is 115 Å². The monoisotopic (exact) mass is 1040 g/mol. The molecule has 226 valence electrons. The van der Waals surface area contributed by atoms with Gasteiger partial charge in [-0.3, -0.25) is 0 Å². The summed E-state index contributed by atoms with van der Waals surface area (Å²) in [5.74, 6) is -1.76. The van der Waals surface area contributed by atoms with E-state index in [-0.39, 0.29) is 12.4 Å². The number of nitrogens with one attached hydrogen (secondary N) is 1. The first-order valence-corrected chi connectivity index (χ1v) is 30.1. The summed E-state index contributed by atoms with van der Waals surface area (Å²) in [7, 11) is 25.2. The summed E-state index contributed by atoms with van der Waals surface area (Å²) in [6.07, 6.45) is 0. The molecule has 43 heavy (non-hydrogen) atoms. The molecule has 0 bridgehead atoms. The van der Waals surface area contributed by atoms with Gasteiger partial charge >= 0.3 is 55.8 Å². The quantitative estimate of drug-likeness (QED) is 0.164. The van der Waals surface area contributed by atoms with Crippen LogP contribution in [-0.2, 0) is 9.59 Å². The predicted molar refractivity (Wildman–Crippen MR) is 186 cm³/mol. The van der Waals surface area contributed by atoms with Crippen LogP contribution in [0.1, 0.15) is 0 Å². The molecular formula is C26H13Br3Cl8N3O2Sb. The van der Waals surface area contributed by atoms with E-state index in [0.29, 0.717) is 0 Å². The van der Waals surface area contributed by atoms with Crippen molar-refractivity contribution < 1.29 is 26.9 Å². The number of hydrogen-bond acceptors (Lipinski definition) is 2. The van der Waals surface area contributed by atoms with Crippen molar-refractivity contribution in [1.82, 2.24) is 0 Å². The summed E-state index contributed by atoms with van der Waals surface area (Å²) in [6, 6.07) is 25.3. The fraction of sp³-hybridized carbons (Fsp3) is 0. The third-order valence-electron chi connectivity index (χ3n) is 4.87. The van der Waals surface area contributed by atoms with Crippen molar-refractivity contribution in [2.24, 2.45) is 0 Å². The second-order valence-corrected chi connectivity index (χ2v) is 49.2. The van der Waals surface area contributed by atoms with Crippen molar-refractivity contribution in [2.75, 3.05) is 0 Å². The van der Waals surface area contributed by atoms with Crippen LogP contribution in [0.25, 0.3) is 9.69 Å². The Hall–Kier alpha value is -0.00182. The molecule has 0 atom stereocenters. The standard InChI is InChI=1S/C18H12Br3N.C8Cl2N2O2.6ClH.Sb/c19-13-1-7-16(8-2-13)22(17-9-3-14(20)4-10-17)18-11-5-15(21)6-12-18;1-11-5-6(12-2)8(14)4(10)3(9)7(5)13;;;;;;;/h1-12H;;6*1H;/q;;;;;;;;+5/p-5. The summed E-state index contributed by atoms with van der Waals surface area (Å²) in [6.45, 7) is 13.3. The van der Waals surface area contributed by atoms with E-state index < -0.39 is 44.7 Å². The van der Waals surface area contributed by atoms with E-state index in [1.54, 1.807) is 0 Å². The van der Waals surface area contributed by atoms with E-state index in [1.165, 1.54) is 22.0 Å². The van der Waals surface area contributed by atoms with Crippen LogP contribution < -0.4 is 17.3 Å². The molecule has 1 N–H and O–H groups in total. The number of ketones is 2. The normalized spacial score (nSPS) is 13.7. The van der Waals surface area contributed by atoms with Gasteiger partial charge in [-0.25, -0.2) is 14.6 Å². The average Bonchev–Trinajstić information content (AvgIpc) is 2.91. The van der Waals surface area contributed by atoms with Gasteiger partial charge in [0.05, 0.1) is 23.2 Å². The van der Waals surface area contributed by atoms with Gasteiger partial charge in [-0.1, -0.05) is 71.0 Å². The van der Waals surface area contributed by atoms with Crippen molar-refractivity contribution in [3.63, 3.8) is 0 Å². The molecule has 0 unspecified atom stereocenters. The minimum atomic E-state index is -4.33. The second-order valence-electron chi connectivity index (χ2n) is 7.74. The van der Waals surface area contributed by atoms with Gasteiger partial charge < -0.3 is 22.0 Å². The summed E-state index contributed by atoms with van der Waals surface area (Å²) >= 11 is 17.0. The Morgan fingerprint density at radius 2 is 0.767 bits per heavy atom. The summed E-state index contributed by atoms with van der Waals surface area (Å²) < 4.78 is 3.26. The van der Waals surface area contributed by atoms with Crippen LogP contribution in [0.5, 0.6) is 0 Å². The number of hydrogen-bond donors (Lipinski definition) is 1. The topological polar surface area (TPSA) is 47.3 Å². The third kappa shape index (κ3) is 13.7. The zero-order valence-corrected chi connectivity index (χ0v) is 34.1. The first kappa shape index (κ1) is 41.0. The Kier molecular flexibility index (Phi) is 17.0. The van der Waals surface area contributed by atoms with Crippen molar-refractivity contribution >= 4 is 155 Å². The molecule has 0 heterocycles.